The van der Waals surface area contributed by atoms with Crippen molar-refractivity contribution in [2.45, 2.75) is 102 Å². The van der Waals surface area contributed by atoms with Crippen molar-refractivity contribution in [2.24, 2.45) is 0 Å². The molecule has 0 heterocycles. The number of esters is 1. The Balaban J connectivity index is 2.81. The summed E-state index contributed by atoms with van der Waals surface area (Å²) >= 11 is 2.49. The fourth-order valence-electron chi connectivity index (χ4n) is 3.58. The van der Waals surface area contributed by atoms with Gasteiger partial charge >= 0.3 is 5.97 Å². The van der Waals surface area contributed by atoms with E-state index in [4.69, 9.17) is 9.47 Å². The van der Waals surface area contributed by atoms with Gasteiger partial charge in [-0.3, -0.25) is 0 Å². The fraction of sp³-hybridized carbons (Fsp3) is 0.720. The van der Waals surface area contributed by atoms with E-state index in [2.05, 4.69) is 49.4 Å². The average molecular weight is 517 g/mol. The quantitative estimate of drug-likeness (QED) is 0.0978. The molecular weight excluding hydrogens is 475 g/mol. The lowest BCUT2D eigenvalue weighted by molar-refractivity contribution is 0.0521. The summed E-state index contributed by atoms with van der Waals surface area (Å²) in [5, 5.41) is 0. The maximum Gasteiger partial charge on any atom is 0.341 e. The summed E-state index contributed by atoms with van der Waals surface area (Å²) in [5.41, 5.74) is 2.94. The Labute approximate surface area is 192 Å². The first-order valence-electron chi connectivity index (χ1n) is 11.7. The average Bonchev–Trinajstić information content (AvgIpc) is 2.70. The van der Waals surface area contributed by atoms with Gasteiger partial charge in [-0.2, -0.15) is 0 Å². The number of halogens is 1. The van der Waals surface area contributed by atoms with E-state index in [0.29, 0.717) is 22.7 Å². The van der Waals surface area contributed by atoms with Crippen LogP contribution >= 0.6 is 22.6 Å². The number of hydrogen-bond acceptors (Lipinski definition) is 3. The Morgan fingerprint density at radius 3 is 2.28 bits per heavy atom. The van der Waals surface area contributed by atoms with Crippen LogP contribution in [0.1, 0.15) is 107 Å². The van der Waals surface area contributed by atoms with Gasteiger partial charge in [0.25, 0.3) is 0 Å². The Bertz CT molecular complexity index is 586. The van der Waals surface area contributed by atoms with Crippen molar-refractivity contribution in [3.05, 3.63) is 28.8 Å². The first-order valence-corrected chi connectivity index (χ1v) is 12.9. The maximum absolute atomic E-state index is 12.6. The molecule has 4 heteroatoms. The number of hydrogen-bond donors (Lipinski definition) is 0. The molecule has 0 aromatic heterocycles. The van der Waals surface area contributed by atoms with Crippen LogP contribution in [0.3, 0.4) is 0 Å². The van der Waals surface area contributed by atoms with Crippen LogP contribution in [0.5, 0.6) is 5.75 Å². The van der Waals surface area contributed by atoms with Gasteiger partial charge in [-0.25, -0.2) is 4.79 Å². The van der Waals surface area contributed by atoms with Crippen LogP contribution < -0.4 is 4.74 Å². The summed E-state index contributed by atoms with van der Waals surface area (Å²) < 4.78 is 12.1. The molecule has 0 radical (unpaired) electrons. The van der Waals surface area contributed by atoms with Crippen LogP contribution in [0.4, 0.5) is 0 Å². The van der Waals surface area contributed by atoms with Crippen molar-refractivity contribution in [2.75, 3.05) is 13.2 Å². The third-order valence-electron chi connectivity index (χ3n) is 5.06. The van der Waals surface area contributed by atoms with Crippen LogP contribution in [-0.2, 0) is 17.6 Å². The van der Waals surface area contributed by atoms with Gasteiger partial charge in [-0.05, 0) is 43.4 Å². The van der Waals surface area contributed by atoms with Crippen molar-refractivity contribution in [3.8, 4) is 5.75 Å². The second-order valence-corrected chi connectivity index (χ2v) is 9.58. The third-order valence-corrected chi connectivity index (χ3v) is 6.04. The molecule has 0 N–H and O–H groups in total. The smallest absolute Gasteiger partial charge is 0.341 e. The molecule has 1 aromatic rings. The van der Waals surface area contributed by atoms with Crippen molar-refractivity contribution >= 4 is 28.6 Å². The number of alkyl halides is 1. The number of carbonyl (C=O) groups excluding carboxylic acids is 1. The predicted octanol–water partition coefficient (Wildman–Crippen LogP) is 7.70. The van der Waals surface area contributed by atoms with E-state index >= 15 is 0 Å². The summed E-state index contributed by atoms with van der Waals surface area (Å²) in [6.07, 6.45) is 13.0. The van der Waals surface area contributed by atoms with Gasteiger partial charge in [0.2, 0.25) is 0 Å². The van der Waals surface area contributed by atoms with Crippen molar-refractivity contribution in [3.63, 3.8) is 0 Å². The van der Waals surface area contributed by atoms with Gasteiger partial charge < -0.3 is 9.47 Å². The number of carbonyl (C=O) groups is 1. The van der Waals surface area contributed by atoms with E-state index < -0.39 is 0 Å². The number of rotatable bonds is 16. The van der Waals surface area contributed by atoms with E-state index in [1.807, 2.05) is 13.0 Å². The van der Waals surface area contributed by atoms with Crippen LogP contribution in [0.25, 0.3) is 0 Å². The molecule has 0 amide bonds. The minimum absolute atomic E-state index is 0.265. The molecule has 0 fully saturated rings. The lowest BCUT2D eigenvalue weighted by Gasteiger charge is -2.19. The molecule has 0 bridgehead atoms. The molecule has 1 unspecified atom stereocenters. The minimum atomic E-state index is -0.265. The highest BCUT2D eigenvalue weighted by atomic mass is 127. The van der Waals surface area contributed by atoms with E-state index in [1.165, 1.54) is 50.5 Å². The Kier molecular flexibility index (Phi) is 14.5. The highest BCUT2D eigenvalue weighted by molar-refractivity contribution is 14.1. The highest BCUT2D eigenvalue weighted by Crippen LogP contribution is 2.30. The summed E-state index contributed by atoms with van der Waals surface area (Å²) in [5.74, 6) is 0.480. The van der Waals surface area contributed by atoms with Gasteiger partial charge in [0, 0.05) is 3.92 Å². The number of unbranched alkanes of at least 4 members (excludes halogenated alkanes) is 5. The Morgan fingerprint density at radius 2 is 1.62 bits per heavy atom. The lowest BCUT2D eigenvalue weighted by atomic mass is 9.98. The first-order chi connectivity index (χ1) is 14.1. The van der Waals surface area contributed by atoms with E-state index in [0.717, 1.165) is 37.0 Å². The van der Waals surface area contributed by atoms with Gasteiger partial charge in [0.1, 0.15) is 11.3 Å². The molecule has 0 aliphatic rings. The van der Waals surface area contributed by atoms with E-state index in [1.54, 1.807) is 0 Å². The number of aryl methyl sites for hydroxylation is 2. The molecule has 3 nitrogen and oxygen atoms in total. The standard InChI is InChI=1S/C25H41IO3/c1-5-9-10-11-12-13-16-22(26)19-29-24-21(15-7-3)17-20(14-6-2)18-23(24)25(27)28-8-4/h17-18,22H,5-16,19H2,1-4H3. The number of benzene rings is 1. The van der Waals surface area contributed by atoms with E-state index in [9.17, 15) is 4.79 Å². The second-order valence-electron chi connectivity index (χ2n) is 7.82. The summed E-state index contributed by atoms with van der Waals surface area (Å²) in [7, 11) is 0. The predicted molar refractivity (Wildman–Crippen MR) is 132 cm³/mol. The van der Waals surface area contributed by atoms with Gasteiger partial charge in [-0.15, -0.1) is 0 Å². The zero-order valence-corrected chi connectivity index (χ0v) is 21.2. The van der Waals surface area contributed by atoms with Crippen molar-refractivity contribution in [1.82, 2.24) is 0 Å². The molecule has 166 valence electrons. The third kappa shape index (κ3) is 10.2. The second kappa shape index (κ2) is 16.0. The SMILES string of the molecule is CCCCCCCCC(I)COc1c(CCC)cc(CCC)cc1C(=O)OCC. The normalized spacial score (nSPS) is 12.0. The maximum atomic E-state index is 12.6. The highest BCUT2D eigenvalue weighted by Gasteiger charge is 2.20. The van der Waals surface area contributed by atoms with Crippen molar-refractivity contribution in [1.29, 1.82) is 0 Å². The summed E-state index contributed by atoms with van der Waals surface area (Å²) in [6, 6.07) is 4.20. The fourth-order valence-corrected chi connectivity index (χ4v) is 4.20. The van der Waals surface area contributed by atoms with Crippen LogP contribution in [0.15, 0.2) is 12.1 Å². The van der Waals surface area contributed by atoms with Crippen LogP contribution in [0, 0.1) is 0 Å². The molecule has 1 rings (SSSR count). The first kappa shape index (κ1) is 26.3. The summed E-state index contributed by atoms with van der Waals surface area (Å²) in [4.78, 5) is 12.6. The lowest BCUT2D eigenvalue weighted by Crippen LogP contribution is -2.16. The molecule has 0 spiro atoms. The van der Waals surface area contributed by atoms with E-state index in [-0.39, 0.29) is 5.97 Å². The topological polar surface area (TPSA) is 35.5 Å². The molecule has 0 aliphatic heterocycles. The molecule has 0 saturated carbocycles. The molecular formula is C25H41IO3. The molecule has 29 heavy (non-hydrogen) atoms. The molecule has 0 aliphatic carbocycles. The Hall–Kier alpha value is -0.780. The minimum Gasteiger partial charge on any atom is -0.491 e. The zero-order chi connectivity index (χ0) is 21.5. The molecule has 0 saturated heterocycles. The Morgan fingerprint density at radius 1 is 0.931 bits per heavy atom. The monoisotopic (exact) mass is 516 g/mol. The molecule has 1 aromatic carbocycles. The zero-order valence-electron chi connectivity index (χ0n) is 19.0. The largest absolute Gasteiger partial charge is 0.491 e. The van der Waals surface area contributed by atoms with Crippen LogP contribution in [0.2, 0.25) is 0 Å². The number of ether oxygens (including phenoxy) is 2. The summed E-state index contributed by atoms with van der Waals surface area (Å²) in [6.45, 7) is 9.46. The molecule has 1 atom stereocenters. The van der Waals surface area contributed by atoms with Crippen LogP contribution in [-0.4, -0.2) is 23.1 Å². The van der Waals surface area contributed by atoms with Gasteiger partial charge in [0.05, 0.1) is 13.2 Å². The van der Waals surface area contributed by atoms with Gasteiger partial charge in [-0.1, -0.05) is 101 Å². The van der Waals surface area contributed by atoms with Gasteiger partial charge in [0.15, 0.2) is 0 Å². The van der Waals surface area contributed by atoms with Crippen molar-refractivity contribution < 1.29 is 14.3 Å².